The SMILES string of the molecule is CCCCOCCCNC(=O)Nc1cccc(Cl)c1C. The van der Waals surface area contributed by atoms with Gasteiger partial charge in [-0.1, -0.05) is 31.0 Å². The molecule has 5 heteroatoms. The van der Waals surface area contributed by atoms with Crippen LogP contribution in [0.25, 0.3) is 0 Å². The lowest BCUT2D eigenvalue weighted by molar-refractivity contribution is 0.129. The molecule has 0 unspecified atom stereocenters. The summed E-state index contributed by atoms with van der Waals surface area (Å²) in [4.78, 5) is 11.7. The highest BCUT2D eigenvalue weighted by molar-refractivity contribution is 6.31. The van der Waals surface area contributed by atoms with Gasteiger partial charge in [-0.15, -0.1) is 0 Å². The Morgan fingerprint density at radius 1 is 1.30 bits per heavy atom. The van der Waals surface area contributed by atoms with Crippen molar-refractivity contribution in [3.05, 3.63) is 28.8 Å². The second kappa shape index (κ2) is 9.61. The molecule has 0 saturated heterocycles. The normalized spacial score (nSPS) is 10.3. The predicted molar refractivity (Wildman–Crippen MR) is 83.6 cm³/mol. The number of nitrogens with one attached hydrogen (secondary N) is 2. The zero-order valence-electron chi connectivity index (χ0n) is 12.2. The summed E-state index contributed by atoms with van der Waals surface area (Å²) < 4.78 is 5.42. The van der Waals surface area contributed by atoms with Gasteiger partial charge < -0.3 is 15.4 Å². The zero-order valence-corrected chi connectivity index (χ0v) is 12.9. The Morgan fingerprint density at radius 2 is 2.05 bits per heavy atom. The Hall–Kier alpha value is -1.26. The van der Waals surface area contributed by atoms with E-state index in [2.05, 4.69) is 17.6 Å². The molecule has 0 aromatic heterocycles. The molecule has 1 aromatic carbocycles. The number of hydrogen-bond donors (Lipinski definition) is 2. The van der Waals surface area contributed by atoms with Crippen LogP contribution in [-0.4, -0.2) is 25.8 Å². The van der Waals surface area contributed by atoms with Crippen LogP contribution in [0, 0.1) is 6.92 Å². The first kappa shape index (κ1) is 16.8. The Labute approximate surface area is 125 Å². The number of ether oxygens (including phenoxy) is 1. The van der Waals surface area contributed by atoms with Gasteiger partial charge in [0.15, 0.2) is 0 Å². The third-order valence-electron chi connectivity index (χ3n) is 2.91. The number of anilines is 1. The van der Waals surface area contributed by atoms with E-state index in [0.29, 0.717) is 18.2 Å². The summed E-state index contributed by atoms with van der Waals surface area (Å²) in [6.45, 7) is 6.07. The molecule has 0 aliphatic carbocycles. The van der Waals surface area contributed by atoms with Crippen molar-refractivity contribution in [2.24, 2.45) is 0 Å². The van der Waals surface area contributed by atoms with Gasteiger partial charge in [-0.05, 0) is 37.5 Å². The molecule has 0 radical (unpaired) electrons. The van der Waals surface area contributed by atoms with Gasteiger partial charge in [0, 0.05) is 30.5 Å². The highest BCUT2D eigenvalue weighted by Gasteiger charge is 2.05. The maximum atomic E-state index is 11.7. The van der Waals surface area contributed by atoms with Crippen LogP contribution in [0.1, 0.15) is 31.7 Å². The number of carbonyl (C=O) groups excluding carboxylic acids is 1. The highest BCUT2D eigenvalue weighted by atomic mass is 35.5. The first-order valence-electron chi connectivity index (χ1n) is 7.03. The first-order valence-corrected chi connectivity index (χ1v) is 7.40. The van der Waals surface area contributed by atoms with Crippen molar-refractivity contribution in [3.8, 4) is 0 Å². The monoisotopic (exact) mass is 298 g/mol. The lowest BCUT2D eigenvalue weighted by Gasteiger charge is -2.10. The van der Waals surface area contributed by atoms with Crippen LogP contribution in [0.3, 0.4) is 0 Å². The fourth-order valence-corrected chi connectivity index (χ4v) is 1.81. The molecule has 2 amide bonds. The fraction of sp³-hybridized carbons (Fsp3) is 0.533. The average Bonchev–Trinajstić information content (AvgIpc) is 2.43. The Morgan fingerprint density at radius 3 is 2.80 bits per heavy atom. The maximum Gasteiger partial charge on any atom is 0.319 e. The van der Waals surface area contributed by atoms with Crippen LogP contribution >= 0.6 is 11.6 Å². The van der Waals surface area contributed by atoms with Gasteiger partial charge in [-0.3, -0.25) is 0 Å². The number of hydrogen-bond acceptors (Lipinski definition) is 2. The topological polar surface area (TPSA) is 50.4 Å². The maximum absolute atomic E-state index is 11.7. The van der Waals surface area contributed by atoms with Crippen LogP contribution in [-0.2, 0) is 4.74 Å². The van der Waals surface area contributed by atoms with Crippen LogP contribution in [0.2, 0.25) is 5.02 Å². The summed E-state index contributed by atoms with van der Waals surface area (Å²) >= 11 is 6.00. The Kier molecular flexibility index (Phi) is 8.07. The van der Waals surface area contributed by atoms with E-state index in [1.807, 2.05) is 19.1 Å². The van der Waals surface area contributed by atoms with Crippen LogP contribution in [0.15, 0.2) is 18.2 Å². The van der Waals surface area contributed by atoms with Crippen molar-refractivity contribution in [3.63, 3.8) is 0 Å². The standard InChI is InChI=1S/C15H23ClN2O2/c1-3-4-10-20-11-6-9-17-15(19)18-14-8-5-7-13(16)12(14)2/h5,7-8H,3-4,6,9-11H2,1-2H3,(H2,17,18,19). The van der Waals surface area contributed by atoms with E-state index in [1.54, 1.807) is 6.07 Å². The number of urea groups is 1. The molecular weight excluding hydrogens is 276 g/mol. The summed E-state index contributed by atoms with van der Waals surface area (Å²) in [6.07, 6.45) is 3.03. The number of benzene rings is 1. The van der Waals surface area contributed by atoms with Gasteiger partial charge in [0.25, 0.3) is 0 Å². The molecule has 1 aromatic rings. The van der Waals surface area contributed by atoms with Gasteiger partial charge in [-0.25, -0.2) is 4.79 Å². The molecule has 0 saturated carbocycles. The molecule has 4 nitrogen and oxygen atoms in total. The van der Waals surface area contributed by atoms with E-state index >= 15 is 0 Å². The molecule has 0 atom stereocenters. The van der Waals surface area contributed by atoms with E-state index in [9.17, 15) is 4.79 Å². The Bertz CT molecular complexity index is 424. The molecule has 20 heavy (non-hydrogen) atoms. The van der Waals surface area contributed by atoms with Crippen LogP contribution in [0.4, 0.5) is 10.5 Å². The lowest BCUT2D eigenvalue weighted by atomic mass is 10.2. The minimum atomic E-state index is -0.219. The van der Waals surface area contributed by atoms with E-state index in [4.69, 9.17) is 16.3 Å². The van der Waals surface area contributed by atoms with E-state index in [1.165, 1.54) is 0 Å². The van der Waals surface area contributed by atoms with E-state index < -0.39 is 0 Å². The van der Waals surface area contributed by atoms with Gasteiger partial charge in [0.1, 0.15) is 0 Å². The third kappa shape index (κ3) is 6.26. The first-order chi connectivity index (χ1) is 9.65. The van der Waals surface area contributed by atoms with Crippen LogP contribution in [0.5, 0.6) is 0 Å². The molecule has 0 aliphatic rings. The zero-order chi connectivity index (χ0) is 14.8. The molecular formula is C15H23ClN2O2. The second-order valence-electron chi connectivity index (χ2n) is 4.61. The highest BCUT2D eigenvalue weighted by Crippen LogP contribution is 2.22. The molecule has 0 aliphatic heterocycles. The number of rotatable bonds is 8. The summed E-state index contributed by atoms with van der Waals surface area (Å²) in [6, 6.07) is 5.22. The van der Waals surface area contributed by atoms with E-state index in [0.717, 1.165) is 37.1 Å². The predicted octanol–water partition coefficient (Wildman–Crippen LogP) is 3.98. The number of amides is 2. The summed E-state index contributed by atoms with van der Waals surface area (Å²) in [5, 5.41) is 6.23. The molecule has 0 fully saturated rings. The Balaban J connectivity index is 2.19. The number of unbranched alkanes of at least 4 members (excludes halogenated alkanes) is 1. The third-order valence-corrected chi connectivity index (χ3v) is 3.32. The molecule has 112 valence electrons. The smallest absolute Gasteiger partial charge is 0.319 e. The largest absolute Gasteiger partial charge is 0.381 e. The van der Waals surface area contributed by atoms with Crippen LogP contribution < -0.4 is 10.6 Å². The lowest BCUT2D eigenvalue weighted by Crippen LogP contribution is -2.30. The molecule has 1 rings (SSSR count). The summed E-state index contributed by atoms with van der Waals surface area (Å²) in [5.74, 6) is 0. The van der Waals surface area contributed by atoms with E-state index in [-0.39, 0.29) is 6.03 Å². The van der Waals surface area contributed by atoms with Crippen molar-refractivity contribution >= 4 is 23.3 Å². The molecule has 0 bridgehead atoms. The van der Waals surface area contributed by atoms with Gasteiger partial charge >= 0.3 is 6.03 Å². The summed E-state index contributed by atoms with van der Waals surface area (Å²) in [5.41, 5.74) is 1.60. The second-order valence-corrected chi connectivity index (χ2v) is 5.02. The number of halogens is 1. The van der Waals surface area contributed by atoms with Gasteiger partial charge in [0.2, 0.25) is 0 Å². The molecule has 2 N–H and O–H groups in total. The van der Waals surface area contributed by atoms with Crippen molar-refractivity contribution in [2.75, 3.05) is 25.1 Å². The van der Waals surface area contributed by atoms with Crippen molar-refractivity contribution < 1.29 is 9.53 Å². The van der Waals surface area contributed by atoms with Crippen molar-refractivity contribution in [2.45, 2.75) is 33.1 Å². The van der Waals surface area contributed by atoms with Gasteiger partial charge in [0.05, 0.1) is 0 Å². The van der Waals surface area contributed by atoms with Gasteiger partial charge in [-0.2, -0.15) is 0 Å². The molecule has 0 spiro atoms. The average molecular weight is 299 g/mol. The van der Waals surface area contributed by atoms with Crippen molar-refractivity contribution in [1.29, 1.82) is 0 Å². The number of carbonyl (C=O) groups is 1. The minimum absolute atomic E-state index is 0.219. The quantitative estimate of drug-likeness (QED) is 0.713. The molecule has 0 heterocycles. The summed E-state index contributed by atoms with van der Waals surface area (Å²) in [7, 11) is 0. The minimum Gasteiger partial charge on any atom is -0.381 e. The fourth-order valence-electron chi connectivity index (χ4n) is 1.63. The van der Waals surface area contributed by atoms with Crippen molar-refractivity contribution in [1.82, 2.24) is 5.32 Å².